The average Bonchev–Trinajstić information content (AvgIpc) is 2.86. The Morgan fingerprint density at radius 1 is 1.53 bits per heavy atom. The summed E-state index contributed by atoms with van der Waals surface area (Å²) in [6, 6.07) is 1.60. The van der Waals surface area contributed by atoms with E-state index < -0.39 is 0 Å². The Balaban J connectivity index is 2.45. The van der Waals surface area contributed by atoms with E-state index in [1.807, 2.05) is 0 Å². The van der Waals surface area contributed by atoms with E-state index >= 15 is 0 Å². The summed E-state index contributed by atoms with van der Waals surface area (Å²) in [4.78, 5) is 12.1. The number of carbonyl (C=O) groups is 1. The zero-order valence-electron chi connectivity index (χ0n) is 11.6. The summed E-state index contributed by atoms with van der Waals surface area (Å²) in [6.45, 7) is 5.20. The zero-order chi connectivity index (χ0) is 14.3. The number of hydrogen-bond acceptors (Lipinski definition) is 4. The third kappa shape index (κ3) is 4.95. The Hall–Kier alpha value is -0.880. The van der Waals surface area contributed by atoms with Crippen molar-refractivity contribution in [1.82, 2.24) is 10.5 Å². The van der Waals surface area contributed by atoms with E-state index in [-0.39, 0.29) is 16.4 Å². The molecule has 0 aliphatic rings. The van der Waals surface area contributed by atoms with Crippen LogP contribution in [-0.2, 0) is 11.3 Å². The molecule has 5 nitrogen and oxygen atoms in total. The van der Waals surface area contributed by atoms with Crippen LogP contribution in [0.2, 0.25) is 0 Å². The number of halogens is 1. The molecule has 1 unspecified atom stereocenters. The predicted molar refractivity (Wildman–Crippen MR) is 76.3 cm³/mol. The van der Waals surface area contributed by atoms with Gasteiger partial charge in [0.25, 0.3) is 5.91 Å². The maximum atomic E-state index is 11.9. The lowest BCUT2D eigenvalue weighted by Crippen LogP contribution is -2.33. The van der Waals surface area contributed by atoms with Crippen LogP contribution in [-0.4, -0.2) is 29.5 Å². The van der Waals surface area contributed by atoms with E-state index in [2.05, 4.69) is 40.3 Å². The number of aromatic nitrogens is 1. The van der Waals surface area contributed by atoms with Gasteiger partial charge in [-0.25, -0.2) is 0 Å². The first-order valence-electron chi connectivity index (χ1n) is 6.49. The van der Waals surface area contributed by atoms with Crippen molar-refractivity contribution in [2.45, 2.75) is 38.1 Å². The Labute approximate surface area is 122 Å². The van der Waals surface area contributed by atoms with Crippen LogP contribution in [0.4, 0.5) is 0 Å². The van der Waals surface area contributed by atoms with Gasteiger partial charge in [-0.2, -0.15) is 0 Å². The molecule has 1 rings (SSSR count). The van der Waals surface area contributed by atoms with E-state index in [0.717, 1.165) is 12.8 Å². The summed E-state index contributed by atoms with van der Waals surface area (Å²) in [5.41, 5.74) is 0.288. The second-order valence-corrected chi connectivity index (χ2v) is 5.59. The first-order valence-corrected chi connectivity index (χ1v) is 7.40. The van der Waals surface area contributed by atoms with Crippen LogP contribution in [0.15, 0.2) is 10.6 Å². The molecule has 0 saturated carbocycles. The van der Waals surface area contributed by atoms with Crippen molar-refractivity contribution in [3.63, 3.8) is 0 Å². The van der Waals surface area contributed by atoms with Gasteiger partial charge >= 0.3 is 0 Å². The van der Waals surface area contributed by atoms with Crippen molar-refractivity contribution >= 4 is 21.8 Å². The first-order chi connectivity index (χ1) is 9.12. The lowest BCUT2D eigenvalue weighted by Gasteiger charge is -2.19. The lowest BCUT2D eigenvalue weighted by atomic mass is 9.99. The van der Waals surface area contributed by atoms with Gasteiger partial charge < -0.3 is 14.6 Å². The fourth-order valence-corrected chi connectivity index (χ4v) is 2.79. The lowest BCUT2D eigenvalue weighted by molar-refractivity contribution is 0.0942. The molecule has 0 aliphatic carbocycles. The molecule has 0 aliphatic heterocycles. The van der Waals surface area contributed by atoms with Gasteiger partial charge in [-0.3, -0.25) is 4.79 Å². The third-order valence-corrected chi connectivity index (χ3v) is 4.17. The van der Waals surface area contributed by atoms with Crippen LogP contribution in [0.25, 0.3) is 0 Å². The van der Waals surface area contributed by atoms with Gasteiger partial charge in [-0.05, 0) is 5.92 Å². The van der Waals surface area contributed by atoms with E-state index in [1.165, 1.54) is 0 Å². The van der Waals surface area contributed by atoms with Crippen molar-refractivity contribution in [2.75, 3.05) is 13.7 Å². The molecule has 0 radical (unpaired) electrons. The first kappa shape index (κ1) is 16.2. The predicted octanol–water partition coefficient (Wildman–Crippen LogP) is 2.75. The normalized spacial score (nSPS) is 12.7. The van der Waals surface area contributed by atoms with Crippen LogP contribution in [0.3, 0.4) is 0 Å². The molecule has 6 heteroatoms. The molecule has 1 amide bonds. The molecule has 19 heavy (non-hydrogen) atoms. The number of rotatable bonds is 8. The molecule has 0 spiro atoms. The molecule has 1 heterocycles. The molecule has 0 aromatic carbocycles. The quantitative estimate of drug-likeness (QED) is 0.743. The van der Waals surface area contributed by atoms with E-state index in [9.17, 15) is 4.79 Å². The zero-order valence-corrected chi connectivity index (χ0v) is 13.2. The summed E-state index contributed by atoms with van der Waals surface area (Å²) in [5, 5.41) is 6.57. The highest BCUT2D eigenvalue weighted by Crippen LogP contribution is 2.19. The minimum atomic E-state index is -0.221. The van der Waals surface area contributed by atoms with Gasteiger partial charge in [0.15, 0.2) is 11.5 Å². The summed E-state index contributed by atoms with van der Waals surface area (Å²) in [5.74, 6) is 0.881. The molecule has 1 aromatic heterocycles. The van der Waals surface area contributed by atoms with Crippen LogP contribution < -0.4 is 5.32 Å². The number of methoxy groups -OCH3 is 1. The fraction of sp³-hybridized carbons (Fsp3) is 0.692. The largest absolute Gasteiger partial charge is 0.377 e. The van der Waals surface area contributed by atoms with Crippen LogP contribution in [0.5, 0.6) is 0 Å². The van der Waals surface area contributed by atoms with Gasteiger partial charge in [0.2, 0.25) is 0 Å². The topological polar surface area (TPSA) is 64.4 Å². The van der Waals surface area contributed by atoms with E-state index in [1.54, 1.807) is 13.2 Å². The molecule has 0 fully saturated rings. The van der Waals surface area contributed by atoms with Crippen molar-refractivity contribution in [1.29, 1.82) is 0 Å². The van der Waals surface area contributed by atoms with Gasteiger partial charge in [-0.1, -0.05) is 47.8 Å². The molecule has 0 saturated heterocycles. The highest BCUT2D eigenvalue weighted by Gasteiger charge is 2.18. The molecule has 1 aromatic rings. The van der Waals surface area contributed by atoms with E-state index in [4.69, 9.17) is 9.26 Å². The molecule has 1 atom stereocenters. The van der Waals surface area contributed by atoms with Crippen molar-refractivity contribution in [3.05, 3.63) is 17.5 Å². The number of amides is 1. The summed E-state index contributed by atoms with van der Waals surface area (Å²) in [6.07, 6.45) is 2.18. The SMILES string of the molecule is CCC(CC)C(Br)CNC(=O)c1cc(COC)on1. The fourth-order valence-electron chi connectivity index (χ4n) is 1.88. The summed E-state index contributed by atoms with van der Waals surface area (Å²) >= 11 is 3.62. The Bertz CT molecular complexity index is 391. The summed E-state index contributed by atoms with van der Waals surface area (Å²) in [7, 11) is 1.56. The van der Waals surface area contributed by atoms with Crippen molar-refractivity contribution < 1.29 is 14.1 Å². The molecular formula is C13H21BrN2O3. The minimum absolute atomic E-state index is 0.221. The standard InChI is InChI=1S/C13H21BrN2O3/c1-4-9(5-2)11(14)7-15-13(17)12-6-10(8-18-3)19-16-12/h6,9,11H,4-5,7-8H2,1-3H3,(H,15,17). The number of nitrogens with one attached hydrogen (secondary N) is 1. The maximum absolute atomic E-state index is 11.9. The van der Waals surface area contributed by atoms with Crippen LogP contribution in [0, 0.1) is 5.92 Å². The van der Waals surface area contributed by atoms with E-state index in [0.29, 0.717) is 24.8 Å². The second-order valence-electron chi connectivity index (χ2n) is 4.41. The Kier molecular flexibility index (Phi) is 7.09. The van der Waals surface area contributed by atoms with Gasteiger partial charge in [0, 0.05) is 24.5 Å². The van der Waals surface area contributed by atoms with Gasteiger partial charge in [-0.15, -0.1) is 0 Å². The molecule has 108 valence electrons. The van der Waals surface area contributed by atoms with Gasteiger partial charge in [0.1, 0.15) is 6.61 Å². The number of alkyl halides is 1. The van der Waals surface area contributed by atoms with Crippen LogP contribution >= 0.6 is 15.9 Å². The van der Waals surface area contributed by atoms with Crippen LogP contribution in [0.1, 0.15) is 42.9 Å². The minimum Gasteiger partial charge on any atom is -0.377 e. The van der Waals surface area contributed by atoms with Gasteiger partial charge in [0.05, 0.1) is 0 Å². The Morgan fingerprint density at radius 3 is 2.79 bits per heavy atom. The number of ether oxygens (including phenoxy) is 1. The smallest absolute Gasteiger partial charge is 0.273 e. The monoisotopic (exact) mass is 332 g/mol. The average molecular weight is 333 g/mol. The third-order valence-electron chi connectivity index (χ3n) is 3.10. The van der Waals surface area contributed by atoms with Crippen molar-refractivity contribution in [3.8, 4) is 0 Å². The number of hydrogen-bond donors (Lipinski definition) is 1. The second kappa shape index (κ2) is 8.32. The molecular weight excluding hydrogens is 312 g/mol. The number of carbonyl (C=O) groups excluding carboxylic acids is 1. The highest BCUT2D eigenvalue weighted by molar-refractivity contribution is 9.09. The van der Waals surface area contributed by atoms with Crippen molar-refractivity contribution in [2.24, 2.45) is 5.92 Å². The Morgan fingerprint density at radius 2 is 2.21 bits per heavy atom. The highest BCUT2D eigenvalue weighted by atomic mass is 79.9. The number of nitrogens with zero attached hydrogens (tertiary/aromatic N) is 1. The molecule has 0 bridgehead atoms. The molecule has 1 N–H and O–H groups in total. The summed E-state index contributed by atoms with van der Waals surface area (Å²) < 4.78 is 9.88. The maximum Gasteiger partial charge on any atom is 0.273 e.